The van der Waals surface area contributed by atoms with Gasteiger partial charge in [0.05, 0.1) is 22.6 Å². The first-order valence-corrected chi connectivity index (χ1v) is 8.89. The Morgan fingerprint density at radius 1 is 1.15 bits per heavy atom. The minimum atomic E-state index is -0.486. The number of nitrogens with zero attached hydrogens (tertiary/aromatic N) is 2. The van der Waals surface area contributed by atoms with Crippen LogP contribution in [-0.4, -0.2) is 22.5 Å². The van der Waals surface area contributed by atoms with Crippen LogP contribution in [0.4, 0.5) is 5.95 Å². The highest BCUT2D eigenvalue weighted by atomic mass is 35.5. The summed E-state index contributed by atoms with van der Waals surface area (Å²) in [5.41, 5.74) is 3.67. The molecule has 3 aromatic rings. The van der Waals surface area contributed by atoms with Crippen molar-refractivity contribution in [3.63, 3.8) is 0 Å². The average molecular weight is 387 g/mol. The van der Waals surface area contributed by atoms with E-state index in [2.05, 4.69) is 15.6 Å². The lowest BCUT2D eigenvalue weighted by atomic mass is 9.94. The molecule has 1 aromatic heterocycles. The van der Waals surface area contributed by atoms with Crippen LogP contribution in [-0.2, 0) is 4.79 Å². The third kappa shape index (κ3) is 2.47. The summed E-state index contributed by atoms with van der Waals surface area (Å²) in [5.74, 6) is 0.455. The smallest absolute Gasteiger partial charge is 0.251 e. The molecule has 2 heterocycles. The Balaban J connectivity index is 2.09. The van der Waals surface area contributed by atoms with Crippen LogP contribution in [0.25, 0.3) is 11.0 Å². The van der Waals surface area contributed by atoms with Gasteiger partial charge in [0.2, 0.25) is 5.95 Å². The second-order valence-corrected chi connectivity index (χ2v) is 6.89. The number of aromatic nitrogens is 2. The number of carbonyl (C=O) groups is 1. The van der Waals surface area contributed by atoms with Gasteiger partial charge in [-0.1, -0.05) is 41.4 Å². The third-order valence-corrected chi connectivity index (χ3v) is 5.23. The molecule has 1 atom stereocenters. The number of halogens is 2. The van der Waals surface area contributed by atoms with Gasteiger partial charge in [0.15, 0.2) is 0 Å². The molecule has 1 aliphatic heterocycles. The second kappa shape index (κ2) is 6.34. The SMILES string of the molecule is CNC(=O)C1=C(C)Nc2nc3ccccc3n2[C@H]1c1c(Cl)cccc1Cl. The second-order valence-electron chi connectivity index (χ2n) is 6.07. The van der Waals surface area contributed by atoms with Gasteiger partial charge in [0.25, 0.3) is 5.91 Å². The Kier molecular flexibility index (Phi) is 4.13. The summed E-state index contributed by atoms with van der Waals surface area (Å²) < 4.78 is 1.97. The van der Waals surface area contributed by atoms with Crippen molar-refractivity contribution in [3.05, 3.63) is 69.3 Å². The van der Waals surface area contributed by atoms with Crippen molar-refractivity contribution in [1.82, 2.24) is 14.9 Å². The fourth-order valence-corrected chi connectivity index (χ4v) is 4.04. The van der Waals surface area contributed by atoms with Gasteiger partial charge < -0.3 is 10.6 Å². The molecular weight excluding hydrogens is 371 g/mol. The third-order valence-electron chi connectivity index (χ3n) is 4.58. The molecule has 1 aliphatic rings. The van der Waals surface area contributed by atoms with Gasteiger partial charge in [-0.15, -0.1) is 0 Å². The van der Waals surface area contributed by atoms with E-state index >= 15 is 0 Å². The fraction of sp³-hybridized carbons (Fsp3) is 0.158. The number of likely N-dealkylation sites (N-methyl/N-ethyl adjacent to an activating group) is 1. The van der Waals surface area contributed by atoms with Crippen molar-refractivity contribution in [2.45, 2.75) is 13.0 Å². The molecule has 0 fully saturated rings. The summed E-state index contributed by atoms with van der Waals surface area (Å²) in [5, 5.41) is 6.96. The molecule has 0 spiro atoms. The maximum absolute atomic E-state index is 12.7. The lowest BCUT2D eigenvalue weighted by Gasteiger charge is -2.31. The molecule has 0 saturated carbocycles. The van der Waals surface area contributed by atoms with E-state index in [1.807, 2.05) is 35.8 Å². The van der Waals surface area contributed by atoms with Gasteiger partial charge in [0.1, 0.15) is 0 Å². The number of amides is 1. The number of hydrogen-bond donors (Lipinski definition) is 2. The zero-order valence-electron chi connectivity index (χ0n) is 14.2. The quantitative estimate of drug-likeness (QED) is 0.686. The zero-order chi connectivity index (χ0) is 18.4. The molecule has 2 aromatic carbocycles. The highest BCUT2D eigenvalue weighted by Crippen LogP contribution is 2.43. The number of hydrogen-bond acceptors (Lipinski definition) is 3. The monoisotopic (exact) mass is 386 g/mol. The van der Waals surface area contributed by atoms with Gasteiger partial charge in [0, 0.05) is 28.4 Å². The molecule has 4 rings (SSSR count). The van der Waals surface area contributed by atoms with E-state index in [0.717, 1.165) is 11.0 Å². The van der Waals surface area contributed by atoms with Gasteiger partial charge in [-0.05, 0) is 31.2 Å². The molecular formula is C19H16Cl2N4O. The summed E-state index contributed by atoms with van der Waals surface area (Å²) >= 11 is 13.0. The molecule has 2 N–H and O–H groups in total. The Hall–Kier alpha value is -2.50. The number of rotatable bonds is 2. The molecule has 0 aliphatic carbocycles. The molecule has 7 heteroatoms. The Labute approximate surface area is 160 Å². The van der Waals surface area contributed by atoms with Crippen LogP contribution < -0.4 is 10.6 Å². The summed E-state index contributed by atoms with van der Waals surface area (Å²) in [6.45, 7) is 1.85. The first-order chi connectivity index (χ1) is 12.5. The van der Waals surface area contributed by atoms with Crippen molar-refractivity contribution in [3.8, 4) is 0 Å². The topological polar surface area (TPSA) is 59.0 Å². The minimum Gasteiger partial charge on any atom is -0.355 e. The van der Waals surface area contributed by atoms with Gasteiger partial charge in [-0.25, -0.2) is 4.98 Å². The van der Waals surface area contributed by atoms with E-state index in [1.54, 1.807) is 25.2 Å². The standard InChI is InChI=1S/C19H16Cl2N4O/c1-10-15(18(26)22-2)17(16-11(20)6-5-7-12(16)21)25-14-9-4-3-8-13(14)24-19(25)23-10/h3-9,17H,1-2H3,(H,22,26)(H,23,24)/t17-/m1/s1. The van der Waals surface area contributed by atoms with Crippen molar-refractivity contribution in [2.75, 3.05) is 12.4 Å². The van der Waals surface area contributed by atoms with Crippen LogP contribution in [0.3, 0.4) is 0 Å². The molecule has 0 saturated heterocycles. The van der Waals surface area contributed by atoms with Crippen LogP contribution >= 0.6 is 23.2 Å². The molecule has 26 heavy (non-hydrogen) atoms. The molecule has 132 valence electrons. The number of imidazole rings is 1. The number of nitrogens with one attached hydrogen (secondary N) is 2. The fourth-order valence-electron chi connectivity index (χ4n) is 3.44. The van der Waals surface area contributed by atoms with E-state index < -0.39 is 6.04 Å². The summed E-state index contributed by atoms with van der Waals surface area (Å²) in [6.07, 6.45) is 0. The molecule has 0 unspecified atom stereocenters. The number of allylic oxidation sites excluding steroid dienone is 1. The summed E-state index contributed by atoms with van der Waals surface area (Å²) in [6, 6.07) is 12.6. The van der Waals surface area contributed by atoms with Crippen molar-refractivity contribution in [1.29, 1.82) is 0 Å². The minimum absolute atomic E-state index is 0.195. The lowest BCUT2D eigenvalue weighted by Crippen LogP contribution is -2.33. The van der Waals surface area contributed by atoms with Gasteiger partial charge in [-0.3, -0.25) is 9.36 Å². The molecule has 0 radical (unpaired) electrons. The molecule has 0 bridgehead atoms. The first kappa shape index (κ1) is 16.9. The Morgan fingerprint density at radius 2 is 1.85 bits per heavy atom. The largest absolute Gasteiger partial charge is 0.355 e. The van der Waals surface area contributed by atoms with E-state index in [1.165, 1.54) is 0 Å². The van der Waals surface area contributed by atoms with E-state index in [9.17, 15) is 4.79 Å². The van der Waals surface area contributed by atoms with Crippen LogP contribution in [0.2, 0.25) is 10.0 Å². The van der Waals surface area contributed by atoms with E-state index in [4.69, 9.17) is 23.2 Å². The number of para-hydroxylation sites is 2. The number of carbonyl (C=O) groups excluding carboxylic acids is 1. The number of fused-ring (bicyclic) bond motifs is 3. The van der Waals surface area contributed by atoms with Crippen LogP contribution in [0, 0.1) is 0 Å². The predicted molar refractivity (Wildman–Crippen MR) is 105 cm³/mol. The van der Waals surface area contributed by atoms with E-state index in [-0.39, 0.29) is 5.91 Å². The summed E-state index contributed by atoms with van der Waals surface area (Å²) in [7, 11) is 1.61. The maximum atomic E-state index is 12.7. The summed E-state index contributed by atoms with van der Waals surface area (Å²) in [4.78, 5) is 17.4. The van der Waals surface area contributed by atoms with Gasteiger partial charge in [-0.2, -0.15) is 0 Å². The predicted octanol–water partition coefficient (Wildman–Crippen LogP) is 4.38. The van der Waals surface area contributed by atoms with Crippen LogP contribution in [0.15, 0.2) is 53.7 Å². The Bertz CT molecular complexity index is 1050. The first-order valence-electron chi connectivity index (χ1n) is 8.13. The van der Waals surface area contributed by atoms with Crippen molar-refractivity contribution >= 4 is 46.1 Å². The van der Waals surface area contributed by atoms with Crippen molar-refractivity contribution in [2.24, 2.45) is 0 Å². The van der Waals surface area contributed by atoms with Crippen LogP contribution in [0.1, 0.15) is 18.5 Å². The molecule has 5 nitrogen and oxygen atoms in total. The Morgan fingerprint density at radius 3 is 2.54 bits per heavy atom. The lowest BCUT2D eigenvalue weighted by molar-refractivity contribution is -0.117. The highest BCUT2D eigenvalue weighted by molar-refractivity contribution is 6.36. The van der Waals surface area contributed by atoms with Gasteiger partial charge >= 0.3 is 0 Å². The number of anilines is 1. The number of benzene rings is 2. The normalized spacial score (nSPS) is 16.4. The zero-order valence-corrected chi connectivity index (χ0v) is 15.7. The van der Waals surface area contributed by atoms with Crippen molar-refractivity contribution < 1.29 is 4.79 Å². The maximum Gasteiger partial charge on any atom is 0.251 e. The molecule has 1 amide bonds. The van der Waals surface area contributed by atoms with Crippen LogP contribution in [0.5, 0.6) is 0 Å². The highest BCUT2D eigenvalue weighted by Gasteiger charge is 2.35. The average Bonchev–Trinajstić information content (AvgIpc) is 2.98. The van der Waals surface area contributed by atoms with E-state index in [0.29, 0.717) is 32.8 Å².